The number of halogens is 1. The summed E-state index contributed by atoms with van der Waals surface area (Å²) in [4.78, 5) is 43.1. The number of carbonyl (C=O) groups is 1. The van der Waals surface area contributed by atoms with Crippen molar-refractivity contribution in [2.75, 3.05) is 5.32 Å². The van der Waals surface area contributed by atoms with Crippen LogP contribution in [0.1, 0.15) is 43.2 Å². The Bertz CT molecular complexity index is 1540. The zero-order valence-electron chi connectivity index (χ0n) is 18.7. The van der Waals surface area contributed by atoms with E-state index in [-0.39, 0.29) is 11.1 Å². The van der Waals surface area contributed by atoms with E-state index in [4.69, 9.17) is 11.6 Å². The zero-order valence-corrected chi connectivity index (χ0v) is 19.4. The number of nitrogens with one attached hydrogen (secondary N) is 1. The number of aromatic nitrogens is 4. The molecule has 1 atom stereocenters. The van der Waals surface area contributed by atoms with Gasteiger partial charge in [0.05, 0.1) is 22.3 Å². The number of aryl methyl sites for hydroxylation is 1. The minimum atomic E-state index is -0.816. The summed E-state index contributed by atoms with van der Waals surface area (Å²) in [5.41, 5.74) is 1.83. The second kappa shape index (κ2) is 8.53. The van der Waals surface area contributed by atoms with Crippen LogP contribution < -0.4 is 16.4 Å². The van der Waals surface area contributed by atoms with Crippen molar-refractivity contribution in [1.82, 2.24) is 19.3 Å². The minimum Gasteiger partial charge on any atom is -0.324 e. The monoisotopic (exact) mass is 475 g/mol. The number of benzene rings is 2. The van der Waals surface area contributed by atoms with E-state index >= 15 is 0 Å². The van der Waals surface area contributed by atoms with Gasteiger partial charge in [-0.25, -0.2) is 9.67 Å². The Hall–Kier alpha value is -3.78. The standard InChI is InChI=1S/C25H22ClN5O3/c1-14(31-23(32)12-11-21(29-31)16-3-4-16)24(33)28-18-7-10-22-20(13-18)25(34)30(15(2)27-22)19-8-5-17(26)6-9-19/h5-14,16H,3-4H2,1-2H3,(H,28,33). The number of nitrogens with zero attached hydrogens (tertiary/aromatic N) is 4. The van der Waals surface area contributed by atoms with E-state index in [0.29, 0.717) is 39.0 Å². The molecule has 1 aliphatic rings. The summed E-state index contributed by atoms with van der Waals surface area (Å²) >= 11 is 5.98. The summed E-state index contributed by atoms with van der Waals surface area (Å²) in [6.45, 7) is 3.38. The Morgan fingerprint density at radius 1 is 1.09 bits per heavy atom. The lowest BCUT2D eigenvalue weighted by Crippen LogP contribution is -2.33. The number of rotatable bonds is 5. The molecule has 2 heterocycles. The van der Waals surface area contributed by atoms with Crippen molar-refractivity contribution in [3.05, 3.63) is 91.8 Å². The highest BCUT2D eigenvalue weighted by molar-refractivity contribution is 6.30. The number of hydrogen-bond donors (Lipinski definition) is 1. The molecule has 1 saturated carbocycles. The molecule has 0 bridgehead atoms. The molecule has 5 rings (SSSR count). The van der Waals surface area contributed by atoms with Gasteiger partial charge in [-0.05, 0) is 75.2 Å². The maximum Gasteiger partial charge on any atom is 0.267 e. The molecule has 0 aliphatic heterocycles. The average Bonchev–Trinajstić information content (AvgIpc) is 3.66. The van der Waals surface area contributed by atoms with E-state index in [1.165, 1.54) is 15.3 Å². The molecule has 0 spiro atoms. The molecule has 34 heavy (non-hydrogen) atoms. The van der Waals surface area contributed by atoms with Crippen LogP contribution in [0.5, 0.6) is 0 Å². The van der Waals surface area contributed by atoms with Crippen LogP contribution in [0.4, 0.5) is 5.69 Å². The largest absolute Gasteiger partial charge is 0.324 e. The Balaban J connectivity index is 1.47. The van der Waals surface area contributed by atoms with Crippen molar-refractivity contribution < 1.29 is 4.79 Å². The van der Waals surface area contributed by atoms with Crippen LogP contribution in [-0.4, -0.2) is 25.2 Å². The summed E-state index contributed by atoms with van der Waals surface area (Å²) in [5.74, 6) is 0.493. The lowest BCUT2D eigenvalue weighted by atomic mass is 10.2. The van der Waals surface area contributed by atoms with Gasteiger partial charge in [0.1, 0.15) is 11.9 Å². The first-order valence-corrected chi connectivity index (χ1v) is 11.4. The quantitative estimate of drug-likeness (QED) is 0.470. The number of anilines is 1. The highest BCUT2D eigenvalue weighted by Crippen LogP contribution is 2.38. The number of fused-ring (bicyclic) bond motifs is 1. The fraction of sp³-hybridized carbons (Fsp3) is 0.240. The molecule has 0 radical (unpaired) electrons. The molecule has 1 aliphatic carbocycles. The average molecular weight is 476 g/mol. The van der Waals surface area contributed by atoms with E-state index in [0.717, 1.165) is 18.5 Å². The van der Waals surface area contributed by atoms with Crippen LogP contribution >= 0.6 is 11.6 Å². The predicted molar refractivity (Wildman–Crippen MR) is 131 cm³/mol. The van der Waals surface area contributed by atoms with Crippen molar-refractivity contribution in [2.45, 2.75) is 38.6 Å². The molecule has 4 aromatic rings. The van der Waals surface area contributed by atoms with Crippen LogP contribution in [-0.2, 0) is 4.79 Å². The van der Waals surface area contributed by atoms with Crippen molar-refractivity contribution in [1.29, 1.82) is 0 Å². The van der Waals surface area contributed by atoms with Crippen molar-refractivity contribution >= 4 is 34.1 Å². The highest BCUT2D eigenvalue weighted by atomic mass is 35.5. The van der Waals surface area contributed by atoms with Gasteiger partial charge in [0, 0.05) is 22.7 Å². The second-order valence-electron chi connectivity index (χ2n) is 8.49. The molecule has 1 fully saturated rings. The Kier molecular flexibility index (Phi) is 5.53. The third-order valence-electron chi connectivity index (χ3n) is 5.98. The van der Waals surface area contributed by atoms with Gasteiger partial charge in [0.25, 0.3) is 11.1 Å². The molecular weight excluding hydrogens is 454 g/mol. The molecule has 2 aromatic heterocycles. The van der Waals surface area contributed by atoms with E-state index in [9.17, 15) is 14.4 Å². The molecule has 1 amide bonds. The fourth-order valence-electron chi connectivity index (χ4n) is 3.94. The van der Waals surface area contributed by atoms with E-state index in [1.54, 1.807) is 62.4 Å². The Morgan fingerprint density at radius 2 is 1.82 bits per heavy atom. The third kappa shape index (κ3) is 4.12. The summed E-state index contributed by atoms with van der Waals surface area (Å²) in [6, 6.07) is 14.2. The van der Waals surface area contributed by atoms with E-state index < -0.39 is 11.9 Å². The topological polar surface area (TPSA) is 98.9 Å². The van der Waals surface area contributed by atoms with Gasteiger partial charge in [-0.1, -0.05) is 11.6 Å². The highest BCUT2D eigenvalue weighted by Gasteiger charge is 2.27. The van der Waals surface area contributed by atoms with Gasteiger partial charge in [-0.15, -0.1) is 0 Å². The first-order chi connectivity index (χ1) is 16.3. The van der Waals surface area contributed by atoms with Crippen LogP contribution in [0.25, 0.3) is 16.6 Å². The van der Waals surface area contributed by atoms with Crippen LogP contribution in [0.15, 0.2) is 64.2 Å². The van der Waals surface area contributed by atoms with Gasteiger partial charge in [-0.2, -0.15) is 5.10 Å². The molecule has 2 aromatic carbocycles. The molecule has 9 heteroatoms. The van der Waals surface area contributed by atoms with Gasteiger partial charge in [0.2, 0.25) is 5.91 Å². The zero-order chi connectivity index (χ0) is 24.0. The summed E-state index contributed by atoms with van der Waals surface area (Å²) in [6.07, 6.45) is 2.09. The normalized spacial score (nSPS) is 14.2. The van der Waals surface area contributed by atoms with Crippen molar-refractivity contribution in [3.63, 3.8) is 0 Å². The molecule has 1 N–H and O–H groups in total. The number of amides is 1. The van der Waals surface area contributed by atoms with E-state index in [2.05, 4.69) is 15.4 Å². The SMILES string of the molecule is Cc1nc2ccc(NC(=O)C(C)n3nc(C4CC4)ccc3=O)cc2c(=O)n1-c1ccc(Cl)cc1. The third-order valence-corrected chi connectivity index (χ3v) is 6.23. The fourth-order valence-corrected chi connectivity index (χ4v) is 4.07. The van der Waals surface area contributed by atoms with E-state index in [1.807, 2.05) is 0 Å². The molecular formula is C25H22ClN5O3. The van der Waals surface area contributed by atoms with Gasteiger partial charge in [0.15, 0.2) is 0 Å². The second-order valence-corrected chi connectivity index (χ2v) is 8.92. The summed E-state index contributed by atoms with van der Waals surface area (Å²) < 4.78 is 2.71. The number of hydrogen-bond acceptors (Lipinski definition) is 5. The maximum atomic E-state index is 13.3. The molecule has 1 unspecified atom stereocenters. The lowest BCUT2D eigenvalue weighted by Gasteiger charge is -2.15. The van der Waals surface area contributed by atoms with Crippen molar-refractivity contribution in [2.24, 2.45) is 0 Å². The first kappa shape index (κ1) is 22.0. The van der Waals surface area contributed by atoms with Crippen LogP contribution in [0.2, 0.25) is 5.02 Å². The molecule has 0 saturated heterocycles. The minimum absolute atomic E-state index is 0.260. The van der Waals surface area contributed by atoms with Crippen LogP contribution in [0, 0.1) is 6.92 Å². The summed E-state index contributed by atoms with van der Waals surface area (Å²) in [5, 5.41) is 8.12. The van der Waals surface area contributed by atoms with Gasteiger partial charge >= 0.3 is 0 Å². The summed E-state index contributed by atoms with van der Waals surface area (Å²) in [7, 11) is 0. The number of carbonyl (C=O) groups excluding carboxylic acids is 1. The molecule has 172 valence electrons. The first-order valence-electron chi connectivity index (χ1n) is 11.0. The molecule has 8 nitrogen and oxygen atoms in total. The smallest absolute Gasteiger partial charge is 0.267 e. The van der Waals surface area contributed by atoms with Gasteiger partial charge < -0.3 is 5.32 Å². The van der Waals surface area contributed by atoms with Crippen LogP contribution in [0.3, 0.4) is 0 Å². The Labute approximate surface area is 199 Å². The Morgan fingerprint density at radius 3 is 2.53 bits per heavy atom. The van der Waals surface area contributed by atoms with Crippen molar-refractivity contribution in [3.8, 4) is 5.69 Å². The maximum absolute atomic E-state index is 13.3. The lowest BCUT2D eigenvalue weighted by molar-refractivity contribution is -0.119. The predicted octanol–water partition coefficient (Wildman–Crippen LogP) is 3.98. The van der Waals surface area contributed by atoms with Gasteiger partial charge in [-0.3, -0.25) is 19.0 Å².